The first-order chi connectivity index (χ1) is 11.5. The van der Waals surface area contributed by atoms with Crippen LogP contribution in [0.2, 0.25) is 5.02 Å². The van der Waals surface area contributed by atoms with Gasteiger partial charge in [0.1, 0.15) is 0 Å². The highest BCUT2D eigenvalue weighted by molar-refractivity contribution is 6.34. The number of methoxy groups -OCH3 is 1. The molecule has 0 radical (unpaired) electrons. The quantitative estimate of drug-likeness (QED) is 0.652. The second-order valence-electron chi connectivity index (χ2n) is 6.01. The van der Waals surface area contributed by atoms with E-state index in [1.807, 2.05) is 0 Å². The van der Waals surface area contributed by atoms with E-state index < -0.39 is 0 Å². The van der Waals surface area contributed by atoms with E-state index in [0.717, 1.165) is 19.4 Å². The van der Waals surface area contributed by atoms with Crippen molar-refractivity contribution < 1.29 is 14.3 Å². The van der Waals surface area contributed by atoms with Gasteiger partial charge < -0.3 is 20.7 Å². The first kappa shape index (κ1) is 21.7. The number of hydrogen-bond donors (Lipinski definition) is 3. The molecule has 2 rings (SSSR count). The summed E-state index contributed by atoms with van der Waals surface area (Å²) in [6, 6.07) is 5.26. The fraction of sp³-hybridized carbons (Fsp3) is 0.529. The van der Waals surface area contributed by atoms with Crippen molar-refractivity contribution in [3.05, 3.63) is 28.8 Å². The maximum atomic E-state index is 12.3. The molecule has 1 aromatic rings. The van der Waals surface area contributed by atoms with Crippen LogP contribution in [0, 0.1) is 5.92 Å². The molecule has 0 aliphatic carbocycles. The lowest BCUT2D eigenvalue weighted by Crippen LogP contribution is -2.40. The van der Waals surface area contributed by atoms with Crippen molar-refractivity contribution >= 4 is 41.5 Å². The molecule has 2 amide bonds. The van der Waals surface area contributed by atoms with Crippen LogP contribution in [0.1, 0.15) is 30.1 Å². The van der Waals surface area contributed by atoms with Crippen LogP contribution >= 0.6 is 24.0 Å². The van der Waals surface area contributed by atoms with Gasteiger partial charge in [-0.2, -0.15) is 0 Å². The highest BCUT2D eigenvalue weighted by Crippen LogP contribution is 2.23. The van der Waals surface area contributed by atoms with E-state index in [4.69, 9.17) is 16.3 Å². The molecule has 1 aromatic carbocycles. The SMILES string of the molecule is COCCNC(=O)c1ccc(NC(=O)[C@H]2CCN[C@@H](C)C2)cc1Cl.Cl. The second-order valence-corrected chi connectivity index (χ2v) is 6.42. The molecule has 25 heavy (non-hydrogen) atoms. The number of piperidine rings is 1. The van der Waals surface area contributed by atoms with Crippen molar-refractivity contribution in [2.75, 3.05) is 32.1 Å². The molecule has 1 saturated heterocycles. The second kappa shape index (κ2) is 10.6. The van der Waals surface area contributed by atoms with E-state index in [1.54, 1.807) is 25.3 Å². The number of carbonyl (C=O) groups is 2. The fourth-order valence-electron chi connectivity index (χ4n) is 2.75. The van der Waals surface area contributed by atoms with Gasteiger partial charge in [-0.15, -0.1) is 12.4 Å². The summed E-state index contributed by atoms with van der Waals surface area (Å²) in [5, 5.41) is 9.24. The zero-order chi connectivity index (χ0) is 17.5. The highest BCUT2D eigenvalue weighted by atomic mass is 35.5. The van der Waals surface area contributed by atoms with Gasteiger partial charge >= 0.3 is 0 Å². The normalized spacial score (nSPS) is 19.6. The van der Waals surface area contributed by atoms with Crippen LogP contribution < -0.4 is 16.0 Å². The minimum absolute atomic E-state index is 0. The molecule has 140 valence electrons. The Kier molecular flexibility index (Phi) is 9.21. The van der Waals surface area contributed by atoms with Gasteiger partial charge in [-0.1, -0.05) is 11.6 Å². The van der Waals surface area contributed by atoms with Gasteiger partial charge in [-0.05, 0) is 44.5 Å². The summed E-state index contributed by atoms with van der Waals surface area (Å²) in [6.45, 7) is 3.78. The molecule has 0 spiro atoms. The average Bonchev–Trinajstić information content (AvgIpc) is 2.55. The maximum Gasteiger partial charge on any atom is 0.252 e. The Morgan fingerprint density at radius 3 is 2.80 bits per heavy atom. The number of carbonyl (C=O) groups excluding carboxylic acids is 2. The van der Waals surface area contributed by atoms with Crippen molar-refractivity contribution in [1.29, 1.82) is 0 Å². The van der Waals surface area contributed by atoms with Crippen molar-refractivity contribution in [2.45, 2.75) is 25.8 Å². The van der Waals surface area contributed by atoms with Gasteiger partial charge in [0.15, 0.2) is 0 Å². The summed E-state index contributed by atoms with van der Waals surface area (Å²) in [5.41, 5.74) is 0.978. The fourth-order valence-corrected chi connectivity index (χ4v) is 3.02. The number of amides is 2. The molecule has 8 heteroatoms. The van der Waals surface area contributed by atoms with Crippen LogP contribution in [0.4, 0.5) is 5.69 Å². The van der Waals surface area contributed by atoms with Crippen LogP contribution in [0.25, 0.3) is 0 Å². The van der Waals surface area contributed by atoms with Gasteiger partial charge in [0.25, 0.3) is 5.91 Å². The Labute approximate surface area is 159 Å². The van der Waals surface area contributed by atoms with Crippen LogP contribution in [-0.2, 0) is 9.53 Å². The Morgan fingerprint density at radius 1 is 1.40 bits per heavy atom. The molecule has 1 aliphatic heterocycles. The predicted molar refractivity (Wildman–Crippen MR) is 102 cm³/mol. The molecular weight excluding hydrogens is 365 g/mol. The topological polar surface area (TPSA) is 79.5 Å². The highest BCUT2D eigenvalue weighted by Gasteiger charge is 2.24. The van der Waals surface area contributed by atoms with E-state index in [2.05, 4.69) is 22.9 Å². The minimum atomic E-state index is -0.262. The summed E-state index contributed by atoms with van der Waals surface area (Å²) < 4.78 is 4.89. The molecule has 3 N–H and O–H groups in total. The number of rotatable bonds is 6. The van der Waals surface area contributed by atoms with E-state index in [9.17, 15) is 9.59 Å². The third-order valence-electron chi connectivity index (χ3n) is 4.07. The van der Waals surface area contributed by atoms with Crippen molar-refractivity contribution in [2.24, 2.45) is 5.92 Å². The number of nitrogens with one attached hydrogen (secondary N) is 3. The van der Waals surface area contributed by atoms with E-state index in [1.165, 1.54) is 0 Å². The van der Waals surface area contributed by atoms with Crippen LogP contribution in [0.3, 0.4) is 0 Å². The molecule has 1 fully saturated rings. The summed E-state index contributed by atoms with van der Waals surface area (Å²) >= 11 is 6.18. The lowest BCUT2D eigenvalue weighted by Gasteiger charge is -2.27. The molecule has 1 heterocycles. The first-order valence-corrected chi connectivity index (χ1v) is 8.50. The molecule has 2 atom stereocenters. The number of ether oxygens (including phenoxy) is 1. The maximum absolute atomic E-state index is 12.3. The van der Waals surface area contributed by atoms with Crippen LogP contribution in [-0.4, -0.2) is 44.7 Å². The van der Waals surface area contributed by atoms with Crippen molar-refractivity contribution in [3.8, 4) is 0 Å². The minimum Gasteiger partial charge on any atom is -0.383 e. The number of hydrogen-bond acceptors (Lipinski definition) is 4. The summed E-state index contributed by atoms with van der Waals surface area (Å²) in [5.74, 6) is -0.268. The molecule has 0 saturated carbocycles. The number of benzene rings is 1. The van der Waals surface area contributed by atoms with Crippen LogP contribution in [0.5, 0.6) is 0 Å². The van der Waals surface area contributed by atoms with Gasteiger partial charge in [-0.25, -0.2) is 0 Å². The first-order valence-electron chi connectivity index (χ1n) is 8.12. The number of anilines is 1. The standard InChI is InChI=1S/C17H24ClN3O3.ClH/c1-11-9-12(5-6-19-11)16(22)21-13-3-4-14(15(18)10-13)17(23)20-7-8-24-2;/h3-4,10-12,19H,5-9H2,1-2H3,(H,20,23)(H,21,22);1H/t11-,12-;/m0./s1. The summed E-state index contributed by atoms with van der Waals surface area (Å²) in [7, 11) is 1.57. The lowest BCUT2D eigenvalue weighted by molar-refractivity contribution is -0.120. The lowest BCUT2D eigenvalue weighted by atomic mass is 9.92. The smallest absolute Gasteiger partial charge is 0.252 e. The van der Waals surface area contributed by atoms with Gasteiger partial charge in [-0.3, -0.25) is 9.59 Å². The molecule has 6 nitrogen and oxygen atoms in total. The Hall–Kier alpha value is -1.34. The number of halogens is 2. The third-order valence-corrected chi connectivity index (χ3v) is 4.38. The largest absolute Gasteiger partial charge is 0.383 e. The van der Waals surface area contributed by atoms with E-state index in [0.29, 0.717) is 35.5 Å². The van der Waals surface area contributed by atoms with Crippen molar-refractivity contribution in [1.82, 2.24) is 10.6 Å². The Bertz CT molecular complexity index is 599. The molecule has 0 aromatic heterocycles. The molecular formula is C17H25Cl2N3O3. The van der Waals surface area contributed by atoms with Gasteiger partial charge in [0, 0.05) is 31.3 Å². The Morgan fingerprint density at radius 2 is 2.16 bits per heavy atom. The molecule has 1 aliphatic rings. The summed E-state index contributed by atoms with van der Waals surface area (Å²) in [6.07, 6.45) is 1.64. The van der Waals surface area contributed by atoms with E-state index in [-0.39, 0.29) is 30.1 Å². The zero-order valence-corrected chi connectivity index (χ0v) is 16.0. The van der Waals surface area contributed by atoms with Gasteiger partial charge in [0.05, 0.1) is 17.2 Å². The third kappa shape index (κ3) is 6.47. The predicted octanol–water partition coefficient (Wildman–Crippen LogP) is 2.46. The summed E-state index contributed by atoms with van der Waals surface area (Å²) in [4.78, 5) is 24.4. The van der Waals surface area contributed by atoms with Gasteiger partial charge in [0.2, 0.25) is 5.91 Å². The molecule has 0 bridgehead atoms. The Balaban J connectivity index is 0.00000312. The average molecular weight is 390 g/mol. The molecule has 0 unspecified atom stereocenters. The van der Waals surface area contributed by atoms with Crippen molar-refractivity contribution in [3.63, 3.8) is 0 Å². The van der Waals surface area contributed by atoms with Crippen LogP contribution in [0.15, 0.2) is 18.2 Å². The zero-order valence-electron chi connectivity index (χ0n) is 14.4. The van der Waals surface area contributed by atoms with E-state index >= 15 is 0 Å². The monoisotopic (exact) mass is 389 g/mol.